The second-order valence-corrected chi connectivity index (χ2v) is 12.4. The average molecular weight is 626 g/mol. The van der Waals surface area contributed by atoms with Gasteiger partial charge in [0.2, 0.25) is 0 Å². The van der Waals surface area contributed by atoms with Crippen LogP contribution in [0.2, 0.25) is 0 Å². The molecule has 0 atom stereocenters. The summed E-state index contributed by atoms with van der Waals surface area (Å²) in [6, 6.07) is 56.9. The van der Waals surface area contributed by atoms with E-state index in [1.165, 1.54) is 32.5 Å². The molecule has 0 bridgehead atoms. The van der Waals surface area contributed by atoms with Crippen LogP contribution in [0.25, 0.3) is 99.5 Å². The molecule has 0 spiro atoms. The summed E-state index contributed by atoms with van der Waals surface area (Å²) in [5.41, 5.74) is 6.97. The van der Waals surface area contributed by atoms with Gasteiger partial charge in [0.1, 0.15) is 11.2 Å². The van der Waals surface area contributed by atoms with Crippen molar-refractivity contribution >= 4 is 54.3 Å². The van der Waals surface area contributed by atoms with Gasteiger partial charge in [0.05, 0.1) is 0 Å². The molecule has 0 fully saturated rings. The first-order chi connectivity index (χ1) is 24.3. The largest absolute Gasteiger partial charge is 0.456 e. The normalized spacial score (nSPS) is 11.7. The van der Waals surface area contributed by atoms with Crippen LogP contribution in [0.1, 0.15) is 0 Å². The lowest BCUT2D eigenvalue weighted by atomic mass is 9.93. The van der Waals surface area contributed by atoms with Crippen LogP contribution >= 0.6 is 0 Å². The second kappa shape index (κ2) is 11.0. The van der Waals surface area contributed by atoms with Crippen molar-refractivity contribution in [2.45, 2.75) is 0 Å². The van der Waals surface area contributed by atoms with Gasteiger partial charge >= 0.3 is 0 Å². The van der Waals surface area contributed by atoms with Crippen molar-refractivity contribution in [1.29, 1.82) is 0 Å². The van der Waals surface area contributed by atoms with Gasteiger partial charge in [-0.15, -0.1) is 0 Å². The monoisotopic (exact) mass is 625 g/mol. The van der Waals surface area contributed by atoms with Gasteiger partial charge in [-0.2, -0.15) is 0 Å². The van der Waals surface area contributed by atoms with E-state index in [1.807, 2.05) is 48.5 Å². The maximum Gasteiger partial charge on any atom is 0.164 e. The molecule has 0 aliphatic heterocycles. The highest BCUT2D eigenvalue weighted by Gasteiger charge is 2.16. The number of hydrogen-bond acceptors (Lipinski definition) is 4. The lowest BCUT2D eigenvalue weighted by molar-refractivity contribution is 0.669. The number of fused-ring (bicyclic) bond motifs is 9. The quantitative estimate of drug-likeness (QED) is 0.183. The highest BCUT2D eigenvalue weighted by Crippen LogP contribution is 2.40. The SMILES string of the molecule is c1ccc(-c2ccc(-c3nc(-c4ccccc4)nc(-c4ccc5c(ccc6ccc7c(ccc8oc9ccccc9c87)c65)c4)n3)cc2)cc1. The summed E-state index contributed by atoms with van der Waals surface area (Å²) in [5.74, 6) is 1.93. The summed E-state index contributed by atoms with van der Waals surface area (Å²) >= 11 is 0. The van der Waals surface area contributed by atoms with Crippen molar-refractivity contribution in [3.63, 3.8) is 0 Å². The van der Waals surface area contributed by atoms with Gasteiger partial charge in [-0.1, -0.05) is 140 Å². The summed E-state index contributed by atoms with van der Waals surface area (Å²) < 4.78 is 6.21. The van der Waals surface area contributed by atoms with Crippen molar-refractivity contribution in [2.75, 3.05) is 0 Å². The molecule has 0 radical (unpaired) electrons. The second-order valence-electron chi connectivity index (χ2n) is 12.4. The Hall–Kier alpha value is -6.65. The van der Waals surface area contributed by atoms with Crippen molar-refractivity contribution in [1.82, 2.24) is 15.0 Å². The zero-order chi connectivity index (χ0) is 32.3. The van der Waals surface area contributed by atoms with Crippen molar-refractivity contribution in [3.05, 3.63) is 164 Å². The molecule has 0 N–H and O–H groups in total. The molecule has 0 aliphatic carbocycles. The predicted octanol–water partition coefficient (Wildman–Crippen LogP) is 11.9. The van der Waals surface area contributed by atoms with E-state index in [4.69, 9.17) is 19.4 Å². The molecule has 4 heteroatoms. The van der Waals surface area contributed by atoms with Crippen LogP contribution in [0, 0.1) is 0 Å². The molecule has 0 saturated carbocycles. The maximum absolute atomic E-state index is 6.21. The summed E-state index contributed by atoms with van der Waals surface area (Å²) in [5, 5.41) is 9.45. The first-order valence-corrected chi connectivity index (χ1v) is 16.4. The zero-order valence-corrected chi connectivity index (χ0v) is 26.3. The molecule has 0 amide bonds. The molecule has 0 unspecified atom stereocenters. The van der Waals surface area contributed by atoms with E-state index >= 15 is 0 Å². The zero-order valence-electron chi connectivity index (χ0n) is 26.3. The number of para-hydroxylation sites is 1. The van der Waals surface area contributed by atoms with E-state index in [-0.39, 0.29) is 0 Å². The third-order valence-corrected chi connectivity index (χ3v) is 9.51. The fraction of sp³-hybridized carbons (Fsp3) is 0. The standard InChI is InChI=1S/C45H27N3O/c1-3-9-28(10-4-1)29-15-18-32(19-16-29)44-46-43(31-11-5-2-6-12-31)47-45(48-44)34-22-23-35-33(27-34)20-17-30-21-24-37-36(41(30)35)25-26-40-42(37)38-13-7-8-14-39(38)49-40/h1-27H. The van der Waals surface area contributed by atoms with E-state index in [0.717, 1.165) is 49.6 Å². The lowest BCUT2D eigenvalue weighted by Crippen LogP contribution is -2.00. The van der Waals surface area contributed by atoms with Crippen LogP contribution in [-0.2, 0) is 0 Å². The number of hydrogen-bond donors (Lipinski definition) is 0. The molecule has 49 heavy (non-hydrogen) atoms. The lowest BCUT2D eigenvalue weighted by Gasteiger charge is -2.12. The van der Waals surface area contributed by atoms with Gasteiger partial charge in [-0.05, 0) is 67.7 Å². The van der Waals surface area contributed by atoms with Crippen LogP contribution in [0.5, 0.6) is 0 Å². The van der Waals surface area contributed by atoms with Gasteiger partial charge in [-0.3, -0.25) is 0 Å². The smallest absolute Gasteiger partial charge is 0.164 e. The minimum Gasteiger partial charge on any atom is -0.456 e. The van der Waals surface area contributed by atoms with Crippen LogP contribution in [-0.4, -0.2) is 15.0 Å². The van der Waals surface area contributed by atoms with E-state index in [1.54, 1.807) is 0 Å². The molecule has 10 rings (SSSR count). The summed E-state index contributed by atoms with van der Waals surface area (Å²) in [6.07, 6.45) is 0. The highest BCUT2D eigenvalue weighted by atomic mass is 16.3. The predicted molar refractivity (Wildman–Crippen MR) is 201 cm³/mol. The summed E-state index contributed by atoms with van der Waals surface area (Å²) in [7, 11) is 0. The number of rotatable bonds is 4. The Kier molecular flexibility index (Phi) is 6.15. The number of nitrogens with zero attached hydrogens (tertiary/aromatic N) is 3. The van der Waals surface area contributed by atoms with Crippen LogP contribution in [0.15, 0.2) is 168 Å². The molecule has 0 saturated heterocycles. The Bertz CT molecular complexity index is 2860. The Labute approximate surface area is 282 Å². The molecular weight excluding hydrogens is 599 g/mol. The molecule has 10 aromatic rings. The van der Waals surface area contributed by atoms with Crippen molar-refractivity contribution in [2.24, 2.45) is 0 Å². The Morgan fingerprint density at radius 1 is 0.306 bits per heavy atom. The maximum atomic E-state index is 6.21. The summed E-state index contributed by atoms with van der Waals surface area (Å²) in [6.45, 7) is 0. The minimum atomic E-state index is 0.641. The van der Waals surface area contributed by atoms with Crippen molar-refractivity contribution in [3.8, 4) is 45.3 Å². The van der Waals surface area contributed by atoms with Crippen molar-refractivity contribution < 1.29 is 4.42 Å². The van der Waals surface area contributed by atoms with E-state index in [9.17, 15) is 0 Å². The van der Waals surface area contributed by atoms with Crippen LogP contribution < -0.4 is 0 Å². The third kappa shape index (κ3) is 4.57. The van der Waals surface area contributed by atoms with Gasteiger partial charge in [0.15, 0.2) is 17.5 Å². The topological polar surface area (TPSA) is 51.8 Å². The highest BCUT2D eigenvalue weighted by molar-refractivity contribution is 6.28. The fourth-order valence-electron chi connectivity index (χ4n) is 7.13. The Balaban J connectivity index is 1.14. The van der Waals surface area contributed by atoms with E-state index < -0.39 is 0 Å². The molecule has 2 aromatic heterocycles. The Morgan fingerprint density at radius 2 is 0.816 bits per heavy atom. The third-order valence-electron chi connectivity index (χ3n) is 9.51. The van der Waals surface area contributed by atoms with Crippen LogP contribution in [0.4, 0.5) is 0 Å². The van der Waals surface area contributed by atoms with E-state index in [0.29, 0.717) is 17.5 Å². The molecular formula is C45H27N3O. The average Bonchev–Trinajstić information content (AvgIpc) is 3.57. The van der Waals surface area contributed by atoms with Gasteiger partial charge in [0, 0.05) is 27.5 Å². The van der Waals surface area contributed by atoms with Gasteiger partial charge < -0.3 is 4.42 Å². The van der Waals surface area contributed by atoms with E-state index in [2.05, 4.69) is 115 Å². The number of aromatic nitrogens is 3. The first kappa shape index (κ1) is 27.5. The molecule has 228 valence electrons. The summed E-state index contributed by atoms with van der Waals surface area (Å²) in [4.78, 5) is 15.0. The number of benzene rings is 8. The first-order valence-electron chi connectivity index (χ1n) is 16.4. The van der Waals surface area contributed by atoms with Gasteiger partial charge in [0.25, 0.3) is 0 Å². The van der Waals surface area contributed by atoms with Crippen LogP contribution in [0.3, 0.4) is 0 Å². The molecule has 2 heterocycles. The molecule has 8 aromatic carbocycles. The molecule has 4 nitrogen and oxygen atoms in total. The molecule has 0 aliphatic rings. The van der Waals surface area contributed by atoms with Gasteiger partial charge in [-0.25, -0.2) is 15.0 Å². The fourth-order valence-corrected chi connectivity index (χ4v) is 7.13. The minimum absolute atomic E-state index is 0.641. The number of furan rings is 1. The Morgan fingerprint density at radius 3 is 1.59 bits per heavy atom.